The molecule has 0 saturated carbocycles. The van der Waals surface area contributed by atoms with Crippen molar-refractivity contribution in [3.63, 3.8) is 0 Å². The number of anilines is 1. The van der Waals surface area contributed by atoms with Crippen LogP contribution in [0.1, 0.15) is 42.1 Å². The first-order chi connectivity index (χ1) is 15.4. The van der Waals surface area contributed by atoms with Crippen molar-refractivity contribution >= 4 is 40.0 Å². The smallest absolute Gasteiger partial charge is 0.270 e. The van der Waals surface area contributed by atoms with Gasteiger partial charge >= 0.3 is 0 Å². The van der Waals surface area contributed by atoms with Crippen LogP contribution in [0.2, 0.25) is 5.02 Å². The fourth-order valence-electron chi connectivity index (χ4n) is 3.31. The Hall–Kier alpha value is -3.71. The number of carbonyl (C=O) groups excluding carboxylic acids is 1. The largest absolute Gasteiger partial charge is 0.436 e. The van der Waals surface area contributed by atoms with E-state index in [9.17, 15) is 14.9 Å². The number of rotatable bonds is 6. The molecule has 1 amide bonds. The van der Waals surface area contributed by atoms with E-state index in [0.717, 1.165) is 29.2 Å². The van der Waals surface area contributed by atoms with Gasteiger partial charge in [-0.2, -0.15) is 0 Å². The number of nitrogens with one attached hydrogen (secondary N) is 1. The maximum absolute atomic E-state index is 12.5. The molecule has 0 spiro atoms. The van der Waals surface area contributed by atoms with Crippen LogP contribution in [0.25, 0.3) is 22.6 Å². The number of nitro benzene ring substituents is 1. The fraction of sp³-hybridized carbons (Fsp3) is 0.167. The summed E-state index contributed by atoms with van der Waals surface area (Å²) < 4.78 is 5.89. The molecular formula is C24H20ClN3O4. The molecule has 0 saturated heterocycles. The Morgan fingerprint density at radius 2 is 1.91 bits per heavy atom. The van der Waals surface area contributed by atoms with Crippen LogP contribution in [0.4, 0.5) is 11.4 Å². The van der Waals surface area contributed by atoms with Gasteiger partial charge in [0.25, 0.3) is 11.6 Å². The molecule has 1 aromatic heterocycles. The van der Waals surface area contributed by atoms with E-state index in [0.29, 0.717) is 17.5 Å². The molecule has 0 radical (unpaired) electrons. The number of fused-ring (bicyclic) bond motifs is 1. The predicted molar refractivity (Wildman–Crippen MR) is 124 cm³/mol. The van der Waals surface area contributed by atoms with E-state index in [1.54, 1.807) is 24.3 Å². The summed E-state index contributed by atoms with van der Waals surface area (Å²) in [4.78, 5) is 27.4. The summed E-state index contributed by atoms with van der Waals surface area (Å²) in [6.45, 7) is 4.33. The number of halogens is 1. The summed E-state index contributed by atoms with van der Waals surface area (Å²) >= 11 is 6.03. The normalized spacial score (nSPS) is 12.0. The van der Waals surface area contributed by atoms with Gasteiger partial charge in [-0.25, -0.2) is 4.98 Å². The number of hydrogen-bond acceptors (Lipinski definition) is 5. The lowest BCUT2D eigenvalue weighted by Gasteiger charge is -2.07. The molecule has 7 nitrogen and oxygen atoms in total. The van der Waals surface area contributed by atoms with Crippen LogP contribution in [0.3, 0.4) is 0 Å². The molecule has 0 bridgehead atoms. The van der Waals surface area contributed by atoms with E-state index >= 15 is 0 Å². The van der Waals surface area contributed by atoms with Crippen LogP contribution in [0.5, 0.6) is 0 Å². The highest BCUT2D eigenvalue weighted by Crippen LogP contribution is 2.29. The van der Waals surface area contributed by atoms with Gasteiger partial charge in [0.2, 0.25) is 5.89 Å². The molecule has 4 aromatic rings. The lowest BCUT2D eigenvalue weighted by atomic mass is 9.98. The van der Waals surface area contributed by atoms with Gasteiger partial charge in [0, 0.05) is 23.4 Å². The third kappa shape index (κ3) is 4.33. The third-order valence-electron chi connectivity index (χ3n) is 5.39. The Balaban J connectivity index is 1.52. The van der Waals surface area contributed by atoms with Crippen LogP contribution >= 0.6 is 11.6 Å². The van der Waals surface area contributed by atoms with Crippen LogP contribution in [-0.2, 0) is 0 Å². The van der Waals surface area contributed by atoms with E-state index in [4.69, 9.17) is 16.0 Å². The van der Waals surface area contributed by atoms with Gasteiger partial charge in [0.05, 0.1) is 15.5 Å². The van der Waals surface area contributed by atoms with Gasteiger partial charge in [-0.3, -0.25) is 14.9 Å². The van der Waals surface area contributed by atoms with Crippen molar-refractivity contribution in [3.8, 4) is 11.5 Å². The number of benzene rings is 3. The molecule has 0 aliphatic carbocycles. The zero-order chi connectivity index (χ0) is 22.8. The minimum Gasteiger partial charge on any atom is -0.436 e. The highest BCUT2D eigenvalue weighted by molar-refractivity contribution is 6.34. The molecule has 0 aliphatic heterocycles. The van der Waals surface area contributed by atoms with Crippen LogP contribution < -0.4 is 5.32 Å². The number of oxazole rings is 1. The average Bonchev–Trinajstić information content (AvgIpc) is 3.22. The standard InChI is InChI=1S/C24H20ClN3O4/c1-3-14(2)16-6-11-22-21(12-16)27-24(32-22)15-4-7-17(8-5-15)26-23(29)19-10-9-18(28(30)31)13-20(19)25/h4-14H,3H2,1-2H3,(H,26,29). The highest BCUT2D eigenvalue weighted by atomic mass is 35.5. The molecule has 8 heteroatoms. The van der Waals surface area contributed by atoms with Crippen LogP contribution in [0, 0.1) is 10.1 Å². The molecule has 32 heavy (non-hydrogen) atoms. The van der Waals surface area contributed by atoms with E-state index in [1.165, 1.54) is 17.7 Å². The van der Waals surface area contributed by atoms with Gasteiger partial charge in [-0.05, 0) is 60.4 Å². The maximum atomic E-state index is 12.5. The number of amides is 1. The maximum Gasteiger partial charge on any atom is 0.270 e. The van der Waals surface area contributed by atoms with Crippen molar-refractivity contribution < 1.29 is 14.1 Å². The third-order valence-corrected chi connectivity index (χ3v) is 5.70. The summed E-state index contributed by atoms with van der Waals surface area (Å²) in [7, 11) is 0. The number of hydrogen-bond donors (Lipinski definition) is 1. The van der Waals surface area contributed by atoms with E-state index in [1.807, 2.05) is 6.07 Å². The SMILES string of the molecule is CCC(C)c1ccc2oc(-c3ccc(NC(=O)c4ccc([N+](=O)[O-])cc4Cl)cc3)nc2c1. The lowest BCUT2D eigenvalue weighted by molar-refractivity contribution is -0.384. The second kappa shape index (κ2) is 8.80. The Labute approximate surface area is 189 Å². The highest BCUT2D eigenvalue weighted by Gasteiger charge is 2.16. The molecule has 1 heterocycles. The van der Waals surface area contributed by atoms with Gasteiger partial charge in [-0.15, -0.1) is 0 Å². The van der Waals surface area contributed by atoms with Crippen LogP contribution in [-0.4, -0.2) is 15.8 Å². The molecule has 0 fully saturated rings. The minimum atomic E-state index is -0.566. The number of non-ortho nitro benzene ring substituents is 1. The minimum absolute atomic E-state index is 0.0107. The summed E-state index contributed by atoms with van der Waals surface area (Å²) in [6.07, 6.45) is 1.05. The number of nitrogens with zero attached hydrogens (tertiary/aromatic N) is 2. The average molecular weight is 450 g/mol. The molecule has 3 aromatic carbocycles. The van der Waals surface area contributed by atoms with Crippen molar-refractivity contribution in [3.05, 3.63) is 86.9 Å². The molecule has 1 atom stereocenters. The fourth-order valence-corrected chi connectivity index (χ4v) is 3.57. The van der Waals surface area contributed by atoms with E-state index in [-0.39, 0.29) is 16.3 Å². The van der Waals surface area contributed by atoms with Gasteiger partial charge < -0.3 is 9.73 Å². The van der Waals surface area contributed by atoms with Gasteiger partial charge in [-0.1, -0.05) is 31.5 Å². The molecule has 0 aliphatic rings. The predicted octanol–water partition coefficient (Wildman–Crippen LogP) is 6.82. The zero-order valence-corrected chi connectivity index (χ0v) is 18.2. The first-order valence-corrected chi connectivity index (χ1v) is 10.5. The number of carbonyl (C=O) groups is 1. The topological polar surface area (TPSA) is 98.3 Å². The Bertz CT molecular complexity index is 1310. The second-order valence-corrected chi connectivity index (χ2v) is 7.92. The summed E-state index contributed by atoms with van der Waals surface area (Å²) in [5, 5.41) is 13.6. The van der Waals surface area contributed by atoms with Crippen molar-refractivity contribution in [1.29, 1.82) is 0 Å². The molecule has 162 valence electrons. The quantitative estimate of drug-likeness (QED) is 0.257. The van der Waals surface area contributed by atoms with Gasteiger partial charge in [0.1, 0.15) is 5.52 Å². The van der Waals surface area contributed by atoms with Crippen LogP contribution in [0.15, 0.2) is 65.1 Å². The summed E-state index contributed by atoms with van der Waals surface area (Å²) in [5.41, 5.74) is 4.05. The second-order valence-electron chi connectivity index (χ2n) is 7.51. The zero-order valence-electron chi connectivity index (χ0n) is 17.5. The Kier molecular flexibility index (Phi) is 5.92. The number of nitro groups is 1. The summed E-state index contributed by atoms with van der Waals surface area (Å²) in [5.74, 6) is 0.487. The number of aromatic nitrogens is 1. The monoisotopic (exact) mass is 449 g/mol. The molecule has 1 unspecified atom stereocenters. The van der Waals surface area contributed by atoms with Crippen molar-refractivity contribution in [2.24, 2.45) is 0 Å². The van der Waals surface area contributed by atoms with Gasteiger partial charge in [0.15, 0.2) is 5.58 Å². The summed E-state index contributed by atoms with van der Waals surface area (Å²) in [6, 6.07) is 16.8. The van der Waals surface area contributed by atoms with E-state index < -0.39 is 10.8 Å². The van der Waals surface area contributed by atoms with Crippen molar-refractivity contribution in [1.82, 2.24) is 4.98 Å². The van der Waals surface area contributed by atoms with Crippen molar-refractivity contribution in [2.75, 3.05) is 5.32 Å². The van der Waals surface area contributed by atoms with Crippen molar-refractivity contribution in [2.45, 2.75) is 26.2 Å². The molecular weight excluding hydrogens is 430 g/mol. The Morgan fingerprint density at radius 1 is 1.16 bits per heavy atom. The first-order valence-electron chi connectivity index (χ1n) is 10.1. The Morgan fingerprint density at radius 3 is 2.56 bits per heavy atom. The first kappa shape index (κ1) is 21.5. The lowest BCUT2D eigenvalue weighted by Crippen LogP contribution is -2.12. The molecule has 4 rings (SSSR count). The molecule has 1 N–H and O–H groups in total. The van der Waals surface area contributed by atoms with E-state index in [2.05, 4.69) is 36.3 Å².